The van der Waals surface area contributed by atoms with Crippen LogP contribution in [0.1, 0.15) is 30.1 Å². The highest BCUT2D eigenvalue weighted by Gasteiger charge is 2.24. The van der Waals surface area contributed by atoms with Gasteiger partial charge >= 0.3 is 5.97 Å². The van der Waals surface area contributed by atoms with Gasteiger partial charge in [-0.2, -0.15) is 0 Å². The number of ether oxygens (including phenoxy) is 2. The summed E-state index contributed by atoms with van der Waals surface area (Å²) in [5.41, 5.74) is 8.58. The molecule has 1 heterocycles. The summed E-state index contributed by atoms with van der Waals surface area (Å²) in [5.74, 6) is 0.645. The van der Waals surface area contributed by atoms with Crippen molar-refractivity contribution in [2.24, 2.45) is 0 Å². The number of nitrogens with two attached hydrogens (primary N) is 1. The van der Waals surface area contributed by atoms with E-state index in [4.69, 9.17) is 15.2 Å². The van der Waals surface area contributed by atoms with Crippen molar-refractivity contribution in [2.45, 2.75) is 25.6 Å². The van der Waals surface area contributed by atoms with Gasteiger partial charge < -0.3 is 15.2 Å². The molecule has 1 atom stereocenters. The monoisotopic (exact) mass is 283 g/mol. The summed E-state index contributed by atoms with van der Waals surface area (Å²) in [6, 6.07) is 15.3. The minimum atomic E-state index is -0.125. The summed E-state index contributed by atoms with van der Waals surface area (Å²) in [5, 5.41) is 0. The second kappa shape index (κ2) is 5.87. The second-order valence-corrected chi connectivity index (χ2v) is 5.07. The van der Waals surface area contributed by atoms with E-state index < -0.39 is 0 Å². The van der Waals surface area contributed by atoms with Crippen molar-refractivity contribution in [1.29, 1.82) is 0 Å². The first-order valence-electron chi connectivity index (χ1n) is 6.98. The van der Waals surface area contributed by atoms with Gasteiger partial charge in [0.05, 0.1) is 0 Å². The Morgan fingerprint density at radius 3 is 2.57 bits per heavy atom. The van der Waals surface area contributed by atoms with Gasteiger partial charge in [-0.25, -0.2) is 0 Å². The van der Waals surface area contributed by atoms with Gasteiger partial charge in [0.1, 0.15) is 18.5 Å². The van der Waals surface area contributed by atoms with Gasteiger partial charge in [-0.1, -0.05) is 30.3 Å². The molecule has 4 heteroatoms. The number of hydrogen-bond donors (Lipinski definition) is 1. The fourth-order valence-electron chi connectivity index (χ4n) is 2.37. The average molecular weight is 283 g/mol. The molecule has 1 unspecified atom stereocenters. The average Bonchev–Trinajstić information content (AvgIpc) is 2.94. The Labute approximate surface area is 123 Å². The minimum absolute atomic E-state index is 0.115. The molecule has 0 bridgehead atoms. The molecule has 4 nitrogen and oxygen atoms in total. The van der Waals surface area contributed by atoms with E-state index in [0.717, 1.165) is 29.0 Å². The Balaban J connectivity index is 1.62. The summed E-state index contributed by atoms with van der Waals surface area (Å²) in [6.07, 6.45) is 1.13. The van der Waals surface area contributed by atoms with Gasteiger partial charge in [0.15, 0.2) is 0 Å². The topological polar surface area (TPSA) is 61.5 Å². The fourth-order valence-corrected chi connectivity index (χ4v) is 2.37. The normalized spacial score (nSPS) is 17.5. The molecule has 2 aromatic rings. The van der Waals surface area contributed by atoms with E-state index in [0.29, 0.717) is 13.0 Å². The lowest BCUT2D eigenvalue weighted by Crippen LogP contribution is -2.01. The number of anilines is 1. The van der Waals surface area contributed by atoms with Gasteiger partial charge in [-0.05, 0) is 30.2 Å². The number of esters is 1. The molecular weight excluding hydrogens is 266 g/mol. The third-order valence-electron chi connectivity index (χ3n) is 3.59. The van der Waals surface area contributed by atoms with Crippen molar-refractivity contribution in [1.82, 2.24) is 0 Å². The van der Waals surface area contributed by atoms with Crippen LogP contribution in [0.15, 0.2) is 48.5 Å². The van der Waals surface area contributed by atoms with E-state index in [1.807, 2.05) is 48.5 Å². The zero-order valence-corrected chi connectivity index (χ0v) is 11.6. The number of rotatable bonds is 4. The summed E-state index contributed by atoms with van der Waals surface area (Å²) in [6.45, 7) is 0.435. The molecule has 1 aliphatic rings. The second-order valence-electron chi connectivity index (χ2n) is 5.07. The van der Waals surface area contributed by atoms with Crippen LogP contribution in [0.5, 0.6) is 5.75 Å². The predicted octanol–water partition coefficient (Wildman–Crippen LogP) is 3.23. The highest BCUT2D eigenvalue weighted by molar-refractivity contribution is 5.71. The van der Waals surface area contributed by atoms with Crippen molar-refractivity contribution < 1.29 is 14.3 Å². The van der Waals surface area contributed by atoms with Crippen LogP contribution in [-0.2, 0) is 16.1 Å². The molecular formula is C17H17NO3. The first-order valence-corrected chi connectivity index (χ1v) is 6.98. The maximum absolute atomic E-state index is 11.1. The molecule has 1 aliphatic heterocycles. The van der Waals surface area contributed by atoms with Crippen molar-refractivity contribution in [3.63, 3.8) is 0 Å². The van der Waals surface area contributed by atoms with Gasteiger partial charge in [0.25, 0.3) is 0 Å². The molecule has 2 N–H and O–H groups in total. The molecule has 0 radical (unpaired) electrons. The Morgan fingerprint density at radius 2 is 1.90 bits per heavy atom. The zero-order chi connectivity index (χ0) is 14.7. The van der Waals surface area contributed by atoms with Crippen LogP contribution >= 0.6 is 0 Å². The van der Waals surface area contributed by atoms with Crippen LogP contribution in [0.3, 0.4) is 0 Å². The van der Waals surface area contributed by atoms with E-state index in [1.165, 1.54) is 0 Å². The van der Waals surface area contributed by atoms with Gasteiger partial charge in [0, 0.05) is 17.7 Å². The quantitative estimate of drug-likeness (QED) is 0.691. The minimum Gasteiger partial charge on any atom is -0.489 e. The van der Waals surface area contributed by atoms with Crippen molar-refractivity contribution in [3.8, 4) is 5.75 Å². The van der Waals surface area contributed by atoms with Crippen LogP contribution in [0.4, 0.5) is 5.69 Å². The fraction of sp³-hybridized carbons (Fsp3) is 0.235. The lowest BCUT2D eigenvalue weighted by atomic mass is 10.1. The molecule has 3 rings (SSSR count). The molecule has 0 saturated carbocycles. The third-order valence-corrected chi connectivity index (χ3v) is 3.59. The van der Waals surface area contributed by atoms with Gasteiger partial charge in [0.2, 0.25) is 0 Å². The first-order chi connectivity index (χ1) is 10.2. The molecule has 0 aliphatic carbocycles. The van der Waals surface area contributed by atoms with E-state index in [-0.39, 0.29) is 12.1 Å². The van der Waals surface area contributed by atoms with Crippen LogP contribution in [0, 0.1) is 0 Å². The maximum atomic E-state index is 11.1. The van der Waals surface area contributed by atoms with Crippen molar-refractivity contribution in [2.75, 3.05) is 5.73 Å². The Morgan fingerprint density at radius 1 is 1.14 bits per heavy atom. The van der Waals surface area contributed by atoms with E-state index in [9.17, 15) is 4.79 Å². The smallest absolute Gasteiger partial charge is 0.306 e. The van der Waals surface area contributed by atoms with E-state index >= 15 is 0 Å². The number of hydrogen-bond acceptors (Lipinski definition) is 4. The summed E-state index contributed by atoms with van der Waals surface area (Å²) >= 11 is 0. The Hall–Kier alpha value is -2.49. The Bertz CT molecular complexity index is 637. The molecule has 0 aromatic heterocycles. The summed E-state index contributed by atoms with van der Waals surface area (Å²) < 4.78 is 11.0. The van der Waals surface area contributed by atoms with Crippen LogP contribution in [0.2, 0.25) is 0 Å². The van der Waals surface area contributed by atoms with Gasteiger partial charge in [-0.15, -0.1) is 0 Å². The number of carbonyl (C=O) groups excluding carboxylic acids is 1. The molecule has 2 aromatic carbocycles. The molecule has 0 amide bonds. The molecule has 1 saturated heterocycles. The van der Waals surface area contributed by atoms with Crippen LogP contribution < -0.4 is 10.5 Å². The van der Waals surface area contributed by atoms with Crippen LogP contribution in [-0.4, -0.2) is 5.97 Å². The summed E-state index contributed by atoms with van der Waals surface area (Å²) in [4.78, 5) is 11.1. The first kappa shape index (κ1) is 13.5. The number of nitrogen functional groups attached to an aromatic ring is 1. The van der Waals surface area contributed by atoms with E-state index in [1.54, 1.807) is 0 Å². The SMILES string of the molecule is Nc1ccccc1COc1ccc(C2CCC(=O)O2)cc1. The van der Waals surface area contributed by atoms with Crippen molar-refractivity contribution >= 4 is 11.7 Å². The number of para-hydroxylation sites is 1. The predicted molar refractivity (Wildman–Crippen MR) is 79.7 cm³/mol. The number of carbonyl (C=O) groups is 1. The molecule has 0 spiro atoms. The van der Waals surface area contributed by atoms with E-state index in [2.05, 4.69) is 0 Å². The number of cyclic esters (lactones) is 1. The number of benzene rings is 2. The molecule has 1 fully saturated rings. The molecule has 108 valence electrons. The lowest BCUT2D eigenvalue weighted by Gasteiger charge is -2.11. The largest absolute Gasteiger partial charge is 0.489 e. The maximum Gasteiger partial charge on any atom is 0.306 e. The van der Waals surface area contributed by atoms with Crippen LogP contribution in [0.25, 0.3) is 0 Å². The highest BCUT2D eigenvalue weighted by atomic mass is 16.5. The zero-order valence-electron chi connectivity index (χ0n) is 11.6. The van der Waals surface area contributed by atoms with Gasteiger partial charge in [-0.3, -0.25) is 4.79 Å². The lowest BCUT2D eigenvalue weighted by molar-refractivity contribution is -0.141. The molecule has 21 heavy (non-hydrogen) atoms. The standard InChI is InChI=1S/C17H17NO3/c18-15-4-2-1-3-13(15)11-20-14-7-5-12(6-8-14)16-9-10-17(19)21-16/h1-8,16H,9-11,18H2. The Kier molecular flexibility index (Phi) is 3.77. The van der Waals surface area contributed by atoms with Crippen molar-refractivity contribution in [3.05, 3.63) is 59.7 Å². The highest BCUT2D eigenvalue weighted by Crippen LogP contribution is 2.30. The summed E-state index contributed by atoms with van der Waals surface area (Å²) in [7, 11) is 0. The third kappa shape index (κ3) is 3.16.